The molecule has 0 fully saturated rings. The van der Waals surface area contributed by atoms with Gasteiger partial charge in [0.1, 0.15) is 6.29 Å². The minimum atomic E-state index is -3.83. The van der Waals surface area contributed by atoms with E-state index in [-0.39, 0.29) is 5.75 Å². The normalized spacial score (nSPS) is 12.6. The van der Waals surface area contributed by atoms with Crippen molar-refractivity contribution in [2.75, 3.05) is 32.9 Å². The second kappa shape index (κ2) is 7.79. The molecular formula is C11H24NO4S+. The van der Waals surface area contributed by atoms with Gasteiger partial charge in [-0.2, -0.15) is 8.42 Å². The van der Waals surface area contributed by atoms with Gasteiger partial charge in [0.25, 0.3) is 10.1 Å². The maximum Gasteiger partial charge on any atom is 0.265 e. The van der Waals surface area contributed by atoms with Crippen molar-refractivity contribution in [3.63, 3.8) is 0 Å². The highest BCUT2D eigenvalue weighted by Crippen LogP contribution is 2.06. The molecule has 0 atom stereocenters. The first kappa shape index (κ1) is 16.5. The van der Waals surface area contributed by atoms with Gasteiger partial charge in [0, 0.05) is 12.8 Å². The summed E-state index contributed by atoms with van der Waals surface area (Å²) in [5.41, 5.74) is 0. The predicted molar refractivity (Wildman–Crippen MR) is 67.4 cm³/mol. The van der Waals surface area contributed by atoms with Crippen LogP contribution >= 0.6 is 0 Å². The van der Waals surface area contributed by atoms with E-state index in [0.717, 1.165) is 43.1 Å². The Morgan fingerprint density at radius 1 is 1.06 bits per heavy atom. The summed E-state index contributed by atoms with van der Waals surface area (Å²) in [6.07, 6.45) is 5.02. The Balaban J connectivity index is 3.68. The number of unbranched alkanes of at least 4 members (excludes halogenated alkanes) is 3. The Hall–Kier alpha value is -0.460. The largest absolute Gasteiger partial charge is 0.328 e. The van der Waals surface area contributed by atoms with Crippen LogP contribution in [0.5, 0.6) is 0 Å². The smallest absolute Gasteiger partial charge is 0.265 e. The number of nitrogens with zero attached hydrogens (tertiary/aromatic N) is 1. The lowest BCUT2D eigenvalue weighted by atomic mass is 10.2. The molecule has 0 aliphatic carbocycles. The predicted octanol–water partition coefficient (Wildman–Crippen LogP) is 1.10. The zero-order chi connectivity index (χ0) is 13.4. The van der Waals surface area contributed by atoms with Gasteiger partial charge in [-0.05, 0) is 19.3 Å². The van der Waals surface area contributed by atoms with Crippen LogP contribution in [0, 0.1) is 0 Å². The standard InChI is InChI=1S/C11H23NO4S/c1-12(2,8-5-3-4-6-10-13)9-7-11-17(14,15)16/h10H,3-9,11H2,1-2H3/p+1. The van der Waals surface area contributed by atoms with Crippen LogP contribution in [0.4, 0.5) is 0 Å². The SMILES string of the molecule is C[N+](C)(CCCCCC=O)CCCS(=O)(=O)O. The van der Waals surface area contributed by atoms with Crippen LogP contribution in [0.1, 0.15) is 32.1 Å². The van der Waals surface area contributed by atoms with E-state index in [4.69, 9.17) is 4.55 Å². The molecule has 5 nitrogen and oxygen atoms in total. The minimum Gasteiger partial charge on any atom is -0.328 e. The fraction of sp³-hybridized carbons (Fsp3) is 0.909. The molecule has 0 rings (SSSR count). The van der Waals surface area contributed by atoms with Gasteiger partial charge >= 0.3 is 0 Å². The van der Waals surface area contributed by atoms with Gasteiger partial charge < -0.3 is 9.28 Å². The molecule has 0 aliphatic rings. The van der Waals surface area contributed by atoms with Crippen LogP contribution in [-0.2, 0) is 14.9 Å². The summed E-state index contributed by atoms with van der Waals surface area (Å²) in [7, 11) is 0.263. The van der Waals surface area contributed by atoms with Crippen LogP contribution in [0.25, 0.3) is 0 Å². The van der Waals surface area contributed by atoms with Crippen molar-refractivity contribution >= 4 is 16.4 Å². The van der Waals surface area contributed by atoms with Crippen LogP contribution in [0.15, 0.2) is 0 Å². The van der Waals surface area contributed by atoms with Gasteiger partial charge in [-0.15, -0.1) is 0 Å². The number of hydrogen-bond donors (Lipinski definition) is 1. The van der Waals surface area contributed by atoms with Crippen LogP contribution in [0.2, 0.25) is 0 Å². The Morgan fingerprint density at radius 2 is 1.65 bits per heavy atom. The molecule has 0 saturated heterocycles. The number of aldehydes is 1. The van der Waals surface area contributed by atoms with Gasteiger partial charge in [0.15, 0.2) is 0 Å². The van der Waals surface area contributed by atoms with Gasteiger partial charge in [-0.25, -0.2) is 0 Å². The number of carbonyl (C=O) groups is 1. The zero-order valence-electron chi connectivity index (χ0n) is 10.8. The molecule has 0 radical (unpaired) electrons. The fourth-order valence-electron chi connectivity index (χ4n) is 1.73. The molecular weight excluding hydrogens is 242 g/mol. The third kappa shape index (κ3) is 11.8. The highest BCUT2D eigenvalue weighted by atomic mass is 32.2. The summed E-state index contributed by atoms with van der Waals surface area (Å²) in [4.78, 5) is 10.1. The van der Waals surface area contributed by atoms with E-state index in [9.17, 15) is 13.2 Å². The highest BCUT2D eigenvalue weighted by Gasteiger charge is 2.15. The Bertz CT molecular complexity index is 311. The molecule has 0 spiro atoms. The second-order valence-electron chi connectivity index (χ2n) is 5.04. The van der Waals surface area contributed by atoms with Crippen molar-refractivity contribution in [2.24, 2.45) is 0 Å². The number of quaternary nitrogens is 1. The molecule has 0 aromatic carbocycles. The summed E-state index contributed by atoms with van der Waals surface area (Å²) in [5.74, 6) is -0.167. The van der Waals surface area contributed by atoms with Crippen LogP contribution < -0.4 is 0 Å². The van der Waals surface area contributed by atoms with E-state index in [1.165, 1.54) is 0 Å². The molecule has 102 valence electrons. The van der Waals surface area contributed by atoms with E-state index in [1.807, 2.05) is 14.1 Å². The van der Waals surface area contributed by atoms with E-state index in [1.54, 1.807) is 0 Å². The number of carbonyl (C=O) groups excluding carboxylic acids is 1. The maximum absolute atomic E-state index is 10.6. The number of hydrogen-bond acceptors (Lipinski definition) is 3. The lowest BCUT2D eigenvalue weighted by molar-refractivity contribution is -0.890. The molecule has 0 aliphatic heterocycles. The van der Waals surface area contributed by atoms with E-state index in [2.05, 4.69) is 0 Å². The Morgan fingerprint density at radius 3 is 2.18 bits per heavy atom. The van der Waals surface area contributed by atoms with Gasteiger partial charge in [0.05, 0.1) is 32.9 Å². The first-order valence-corrected chi connectivity index (χ1v) is 7.58. The molecule has 1 N–H and O–H groups in total. The van der Waals surface area contributed by atoms with Gasteiger partial charge in [-0.3, -0.25) is 4.55 Å². The molecule has 17 heavy (non-hydrogen) atoms. The van der Waals surface area contributed by atoms with E-state index in [0.29, 0.717) is 12.8 Å². The van der Waals surface area contributed by atoms with E-state index >= 15 is 0 Å². The van der Waals surface area contributed by atoms with Crippen LogP contribution in [0.3, 0.4) is 0 Å². The van der Waals surface area contributed by atoms with E-state index < -0.39 is 10.1 Å². The number of rotatable bonds is 10. The second-order valence-corrected chi connectivity index (χ2v) is 6.61. The monoisotopic (exact) mass is 266 g/mol. The molecule has 0 amide bonds. The lowest BCUT2D eigenvalue weighted by Crippen LogP contribution is -2.41. The van der Waals surface area contributed by atoms with Crippen molar-refractivity contribution in [1.82, 2.24) is 0 Å². The molecule has 0 unspecified atom stereocenters. The summed E-state index contributed by atoms with van der Waals surface area (Å²) in [5, 5.41) is 0. The molecule has 0 saturated carbocycles. The fourth-order valence-corrected chi connectivity index (χ4v) is 2.22. The first-order chi connectivity index (χ1) is 7.77. The summed E-state index contributed by atoms with van der Waals surface area (Å²) in [6.45, 7) is 1.69. The summed E-state index contributed by atoms with van der Waals surface area (Å²) < 4.78 is 30.5. The Labute approximate surface area is 104 Å². The maximum atomic E-state index is 10.6. The third-order valence-electron chi connectivity index (χ3n) is 2.75. The zero-order valence-corrected chi connectivity index (χ0v) is 11.6. The average molecular weight is 266 g/mol. The topological polar surface area (TPSA) is 71.4 Å². The quantitative estimate of drug-likeness (QED) is 0.278. The molecule has 0 aromatic rings. The highest BCUT2D eigenvalue weighted by molar-refractivity contribution is 7.85. The molecule has 0 heterocycles. The first-order valence-electron chi connectivity index (χ1n) is 5.98. The molecule has 0 bridgehead atoms. The van der Waals surface area contributed by atoms with Crippen molar-refractivity contribution in [1.29, 1.82) is 0 Å². The van der Waals surface area contributed by atoms with Crippen molar-refractivity contribution in [3.05, 3.63) is 0 Å². The molecule has 0 aromatic heterocycles. The van der Waals surface area contributed by atoms with Crippen molar-refractivity contribution < 1.29 is 22.2 Å². The van der Waals surface area contributed by atoms with Gasteiger partial charge in [0.2, 0.25) is 0 Å². The minimum absolute atomic E-state index is 0.167. The third-order valence-corrected chi connectivity index (χ3v) is 3.56. The average Bonchev–Trinajstić information content (AvgIpc) is 2.14. The summed E-state index contributed by atoms with van der Waals surface area (Å²) in [6, 6.07) is 0. The van der Waals surface area contributed by atoms with Crippen LogP contribution in [-0.4, -0.2) is 56.7 Å². The summed E-state index contributed by atoms with van der Waals surface area (Å²) >= 11 is 0. The molecule has 6 heteroatoms. The van der Waals surface area contributed by atoms with Crippen molar-refractivity contribution in [2.45, 2.75) is 32.1 Å². The van der Waals surface area contributed by atoms with Crippen molar-refractivity contribution in [3.8, 4) is 0 Å². The Kier molecular flexibility index (Phi) is 7.58. The van der Waals surface area contributed by atoms with Gasteiger partial charge in [-0.1, -0.05) is 0 Å². The lowest BCUT2D eigenvalue weighted by Gasteiger charge is -2.29.